The zero-order chi connectivity index (χ0) is 15.4. The van der Waals surface area contributed by atoms with Gasteiger partial charge in [-0.05, 0) is 55.7 Å². The maximum atomic E-state index is 10.9. The Bertz CT molecular complexity index is 636. The highest BCUT2D eigenvalue weighted by Gasteiger charge is 2.12. The first-order chi connectivity index (χ1) is 10.0. The molecule has 21 heavy (non-hydrogen) atoms. The van der Waals surface area contributed by atoms with Crippen LogP contribution in [-0.2, 0) is 0 Å². The van der Waals surface area contributed by atoms with Gasteiger partial charge in [-0.1, -0.05) is 13.0 Å². The van der Waals surface area contributed by atoms with Crippen molar-refractivity contribution in [3.8, 4) is 0 Å². The number of hydrogen-bond donors (Lipinski definition) is 1. The van der Waals surface area contributed by atoms with Crippen molar-refractivity contribution >= 4 is 17.5 Å². The molecule has 1 N–H and O–H groups in total. The monoisotopic (exact) mass is 284 g/mol. The van der Waals surface area contributed by atoms with E-state index >= 15 is 0 Å². The molecule has 0 saturated carbocycles. The molecule has 0 bridgehead atoms. The normalized spacial score (nSPS) is 10.4. The zero-order valence-corrected chi connectivity index (χ0v) is 12.6. The van der Waals surface area contributed by atoms with E-state index in [0.29, 0.717) is 0 Å². The summed E-state index contributed by atoms with van der Waals surface area (Å²) in [4.78, 5) is 17.3. The topological polar surface area (TPSA) is 53.4 Å². The molecule has 0 aliphatic carbocycles. The van der Waals surface area contributed by atoms with Crippen molar-refractivity contribution in [2.24, 2.45) is 0 Å². The highest BCUT2D eigenvalue weighted by Crippen LogP contribution is 2.26. The van der Waals surface area contributed by atoms with Gasteiger partial charge in [0.25, 0.3) is 0 Å². The summed E-state index contributed by atoms with van der Waals surface area (Å²) in [5.41, 5.74) is 3.77. The van der Waals surface area contributed by atoms with Gasteiger partial charge in [0, 0.05) is 18.4 Å². The lowest BCUT2D eigenvalue weighted by Gasteiger charge is -2.24. The molecule has 2 aromatic rings. The first-order valence-electron chi connectivity index (χ1n) is 7.07. The summed E-state index contributed by atoms with van der Waals surface area (Å²) in [6.45, 7) is 7.12. The lowest BCUT2D eigenvalue weighted by atomic mass is 10.1. The molecule has 4 nitrogen and oxygen atoms in total. The molecular weight excluding hydrogens is 264 g/mol. The van der Waals surface area contributed by atoms with E-state index in [-0.39, 0.29) is 5.56 Å². The Kier molecular flexibility index (Phi) is 4.58. The smallest absolute Gasteiger partial charge is 0.337 e. The van der Waals surface area contributed by atoms with Crippen LogP contribution in [0, 0.1) is 13.8 Å². The minimum absolute atomic E-state index is 0.204. The van der Waals surface area contributed by atoms with Gasteiger partial charge in [0.2, 0.25) is 0 Å². The first-order valence-corrected chi connectivity index (χ1v) is 7.07. The Balaban J connectivity index is 2.37. The molecule has 1 heterocycles. The molecule has 0 aliphatic heterocycles. The number of carboxylic acids is 1. The van der Waals surface area contributed by atoms with Gasteiger partial charge in [-0.2, -0.15) is 0 Å². The van der Waals surface area contributed by atoms with Crippen molar-refractivity contribution in [1.82, 2.24) is 4.98 Å². The van der Waals surface area contributed by atoms with E-state index in [1.807, 2.05) is 0 Å². The molecule has 0 saturated heterocycles. The van der Waals surface area contributed by atoms with Crippen molar-refractivity contribution in [2.75, 3.05) is 11.4 Å². The number of benzene rings is 1. The van der Waals surface area contributed by atoms with Crippen LogP contribution in [0.25, 0.3) is 0 Å². The van der Waals surface area contributed by atoms with Crippen LogP contribution in [0.4, 0.5) is 11.5 Å². The number of aryl methyl sites for hydroxylation is 2. The number of carbonyl (C=O) groups is 1. The van der Waals surface area contributed by atoms with Crippen LogP contribution in [0.15, 0.2) is 36.5 Å². The number of rotatable bonds is 5. The Hall–Kier alpha value is -2.36. The predicted molar refractivity (Wildman–Crippen MR) is 84.4 cm³/mol. The average molecular weight is 284 g/mol. The van der Waals surface area contributed by atoms with E-state index in [1.54, 1.807) is 12.1 Å². The van der Waals surface area contributed by atoms with E-state index < -0.39 is 5.97 Å². The highest BCUT2D eigenvalue weighted by atomic mass is 16.4. The molecule has 1 aromatic heterocycles. The third-order valence-corrected chi connectivity index (χ3v) is 3.52. The third kappa shape index (κ3) is 3.40. The molecule has 0 atom stereocenters. The number of anilines is 2. The van der Waals surface area contributed by atoms with Gasteiger partial charge in [0.15, 0.2) is 0 Å². The standard InChI is InChI=1S/C17H20N2O2/c1-4-9-19(15-7-5-12(2)13(3)10-15)16-8-6-14(11-18-16)17(20)21/h5-8,10-11H,4,9H2,1-3H3,(H,20,21). The second kappa shape index (κ2) is 6.39. The van der Waals surface area contributed by atoms with Crippen LogP contribution < -0.4 is 4.90 Å². The first kappa shape index (κ1) is 15.0. The van der Waals surface area contributed by atoms with Crippen molar-refractivity contribution in [3.05, 3.63) is 53.2 Å². The van der Waals surface area contributed by atoms with Crippen LogP contribution in [0.5, 0.6) is 0 Å². The van der Waals surface area contributed by atoms with Gasteiger partial charge in [-0.25, -0.2) is 9.78 Å². The van der Waals surface area contributed by atoms with Gasteiger partial charge in [0.05, 0.1) is 5.56 Å². The summed E-state index contributed by atoms with van der Waals surface area (Å²) >= 11 is 0. The molecule has 0 spiro atoms. The number of hydrogen-bond acceptors (Lipinski definition) is 3. The zero-order valence-electron chi connectivity index (χ0n) is 12.6. The van der Waals surface area contributed by atoms with Crippen molar-refractivity contribution in [2.45, 2.75) is 27.2 Å². The third-order valence-electron chi connectivity index (χ3n) is 3.52. The Morgan fingerprint density at radius 3 is 2.48 bits per heavy atom. The van der Waals surface area contributed by atoms with Crippen molar-refractivity contribution in [3.63, 3.8) is 0 Å². The average Bonchev–Trinajstić information content (AvgIpc) is 2.48. The quantitative estimate of drug-likeness (QED) is 0.903. The molecule has 0 radical (unpaired) electrons. The second-order valence-electron chi connectivity index (χ2n) is 5.13. The van der Waals surface area contributed by atoms with Gasteiger partial charge >= 0.3 is 5.97 Å². The van der Waals surface area contributed by atoms with Crippen molar-refractivity contribution in [1.29, 1.82) is 0 Å². The van der Waals surface area contributed by atoms with Gasteiger partial charge < -0.3 is 10.0 Å². The Morgan fingerprint density at radius 1 is 1.19 bits per heavy atom. The fraction of sp³-hybridized carbons (Fsp3) is 0.294. The fourth-order valence-corrected chi connectivity index (χ4v) is 2.17. The van der Waals surface area contributed by atoms with Gasteiger partial charge in [-0.15, -0.1) is 0 Å². The number of aromatic nitrogens is 1. The molecule has 0 fully saturated rings. The minimum Gasteiger partial charge on any atom is -0.478 e. The molecule has 2 rings (SSSR count). The minimum atomic E-state index is -0.956. The summed E-state index contributed by atoms with van der Waals surface area (Å²) in [5.74, 6) is -0.188. The van der Waals surface area contributed by atoms with E-state index in [4.69, 9.17) is 5.11 Å². The molecule has 0 aliphatic rings. The van der Waals surface area contributed by atoms with E-state index in [0.717, 1.165) is 24.5 Å². The van der Waals surface area contributed by atoms with Crippen LogP contribution >= 0.6 is 0 Å². The second-order valence-corrected chi connectivity index (χ2v) is 5.13. The summed E-state index contributed by atoms with van der Waals surface area (Å²) in [6.07, 6.45) is 2.39. The predicted octanol–water partition coefficient (Wildman–Crippen LogP) is 3.94. The summed E-state index contributed by atoms with van der Waals surface area (Å²) in [7, 11) is 0. The number of nitrogens with zero attached hydrogens (tertiary/aromatic N) is 2. The van der Waals surface area contributed by atoms with Crippen molar-refractivity contribution < 1.29 is 9.90 Å². The SMILES string of the molecule is CCCN(c1ccc(C)c(C)c1)c1ccc(C(=O)O)cn1. The molecule has 0 unspecified atom stereocenters. The fourth-order valence-electron chi connectivity index (χ4n) is 2.17. The van der Waals surface area contributed by atoms with Crippen LogP contribution in [-0.4, -0.2) is 22.6 Å². The molecule has 0 amide bonds. The van der Waals surface area contributed by atoms with E-state index in [9.17, 15) is 4.79 Å². The summed E-state index contributed by atoms with van der Waals surface area (Å²) in [5, 5.41) is 8.95. The lowest BCUT2D eigenvalue weighted by Crippen LogP contribution is -2.19. The summed E-state index contributed by atoms with van der Waals surface area (Å²) < 4.78 is 0. The molecule has 1 aromatic carbocycles. The van der Waals surface area contributed by atoms with Crippen LogP contribution in [0.3, 0.4) is 0 Å². The molecule has 110 valence electrons. The number of aromatic carboxylic acids is 1. The van der Waals surface area contributed by atoms with Gasteiger partial charge in [-0.3, -0.25) is 0 Å². The number of pyridine rings is 1. The lowest BCUT2D eigenvalue weighted by molar-refractivity contribution is 0.0696. The largest absolute Gasteiger partial charge is 0.478 e. The van der Waals surface area contributed by atoms with E-state index in [1.165, 1.54) is 17.3 Å². The van der Waals surface area contributed by atoms with Gasteiger partial charge in [0.1, 0.15) is 5.82 Å². The number of carboxylic acid groups (broad SMARTS) is 1. The van der Waals surface area contributed by atoms with Crippen LogP contribution in [0.2, 0.25) is 0 Å². The Morgan fingerprint density at radius 2 is 1.95 bits per heavy atom. The maximum Gasteiger partial charge on any atom is 0.337 e. The Labute approximate surface area is 125 Å². The molecular formula is C17H20N2O2. The summed E-state index contributed by atoms with van der Waals surface area (Å²) in [6, 6.07) is 9.66. The van der Waals surface area contributed by atoms with Crippen LogP contribution in [0.1, 0.15) is 34.8 Å². The molecule has 4 heteroatoms. The maximum absolute atomic E-state index is 10.9. The highest BCUT2D eigenvalue weighted by molar-refractivity contribution is 5.87. The van der Waals surface area contributed by atoms with E-state index in [2.05, 4.69) is 48.9 Å².